The third kappa shape index (κ3) is 7.44. The molecule has 1 aliphatic rings. The van der Waals surface area contributed by atoms with E-state index < -0.39 is 0 Å². The quantitative estimate of drug-likeness (QED) is 0.636. The van der Waals surface area contributed by atoms with Crippen LogP contribution >= 0.6 is 11.6 Å². The van der Waals surface area contributed by atoms with Crippen LogP contribution in [0.4, 0.5) is 4.79 Å². The lowest BCUT2D eigenvalue weighted by atomic mass is 9.86. The van der Waals surface area contributed by atoms with Crippen LogP contribution in [0.1, 0.15) is 45.4 Å². The van der Waals surface area contributed by atoms with Gasteiger partial charge in [-0.3, -0.25) is 0 Å². The lowest BCUT2D eigenvalue weighted by molar-refractivity contribution is 0.129. The summed E-state index contributed by atoms with van der Waals surface area (Å²) in [6, 6.07) is 7.07. The first-order chi connectivity index (χ1) is 13.0. The summed E-state index contributed by atoms with van der Waals surface area (Å²) in [6.45, 7) is 4.36. The summed E-state index contributed by atoms with van der Waals surface area (Å²) in [6.07, 6.45) is 5.84. The Morgan fingerprint density at radius 3 is 2.44 bits per heavy atom. The van der Waals surface area contributed by atoms with Crippen LogP contribution in [0.15, 0.2) is 24.3 Å². The molecule has 27 heavy (non-hydrogen) atoms. The largest absolute Gasteiger partial charge is 0.415 e. The molecule has 0 aromatic heterocycles. The lowest BCUT2D eigenvalue weighted by Gasteiger charge is -2.32. The number of carbonyl (C=O) groups is 1. The maximum Gasteiger partial charge on any atom is 0.415 e. The van der Waals surface area contributed by atoms with Gasteiger partial charge in [-0.05, 0) is 70.0 Å². The first-order valence-electron chi connectivity index (χ1n) is 9.86. The number of hydrogen-bond donors (Lipinski definition) is 0. The van der Waals surface area contributed by atoms with Crippen molar-refractivity contribution in [3.8, 4) is 17.6 Å². The van der Waals surface area contributed by atoms with Crippen molar-refractivity contribution in [2.75, 3.05) is 27.2 Å². The molecule has 0 atom stereocenters. The maximum absolute atomic E-state index is 12.3. The molecule has 0 N–H and O–H groups in total. The van der Waals surface area contributed by atoms with E-state index in [0.29, 0.717) is 16.7 Å². The second-order valence-electron chi connectivity index (χ2n) is 7.31. The molecule has 0 heterocycles. The Morgan fingerprint density at radius 1 is 1.15 bits per heavy atom. The van der Waals surface area contributed by atoms with Crippen LogP contribution in [-0.4, -0.2) is 49.1 Å². The monoisotopic (exact) mass is 390 g/mol. The van der Waals surface area contributed by atoms with Gasteiger partial charge in [-0.15, -0.1) is 5.92 Å². The minimum atomic E-state index is -0.314. The van der Waals surface area contributed by atoms with Gasteiger partial charge in [-0.2, -0.15) is 0 Å². The molecule has 1 saturated carbocycles. The standard InChI is InChI=1S/C22H31ClN2O2/c1-4-16-24(2)17-6-5-7-18-8-12-20(13-9-18)25(3)22(26)27-21-14-10-19(23)11-15-21/h10-11,14-15,18,20H,4,6,8-9,12-13,16-17H2,1-3H3. The number of hydrogen-bond acceptors (Lipinski definition) is 3. The van der Waals surface area contributed by atoms with E-state index in [1.807, 2.05) is 7.05 Å². The Labute approximate surface area is 168 Å². The Bertz CT molecular complexity index is 643. The Morgan fingerprint density at radius 2 is 1.81 bits per heavy atom. The molecule has 0 unspecified atom stereocenters. The average Bonchev–Trinajstić information content (AvgIpc) is 2.67. The minimum Gasteiger partial charge on any atom is -0.410 e. The third-order valence-electron chi connectivity index (χ3n) is 5.08. The topological polar surface area (TPSA) is 32.8 Å². The smallest absolute Gasteiger partial charge is 0.410 e. The second-order valence-corrected chi connectivity index (χ2v) is 7.75. The van der Waals surface area contributed by atoms with Gasteiger partial charge >= 0.3 is 6.09 Å². The van der Waals surface area contributed by atoms with E-state index in [4.69, 9.17) is 16.3 Å². The predicted molar refractivity (Wildman–Crippen MR) is 111 cm³/mol. The van der Waals surface area contributed by atoms with Crippen LogP contribution < -0.4 is 4.74 Å². The zero-order valence-electron chi connectivity index (χ0n) is 16.7. The van der Waals surface area contributed by atoms with E-state index in [1.54, 1.807) is 29.2 Å². The zero-order chi connectivity index (χ0) is 19.6. The molecule has 1 fully saturated rings. The number of carbonyl (C=O) groups excluding carboxylic acids is 1. The molecule has 4 nitrogen and oxygen atoms in total. The Balaban J connectivity index is 1.72. The van der Waals surface area contributed by atoms with Crippen LogP contribution in [0.2, 0.25) is 5.02 Å². The van der Waals surface area contributed by atoms with Gasteiger partial charge < -0.3 is 14.5 Å². The summed E-state index contributed by atoms with van der Waals surface area (Å²) in [5, 5.41) is 0.625. The normalized spacial score (nSPS) is 19.3. The van der Waals surface area contributed by atoms with E-state index >= 15 is 0 Å². The van der Waals surface area contributed by atoms with Crippen molar-refractivity contribution in [3.05, 3.63) is 29.3 Å². The SMILES string of the molecule is CCCN(C)CCC#CC1CCC(N(C)C(=O)Oc2ccc(Cl)cc2)CC1. The van der Waals surface area contributed by atoms with Crippen molar-refractivity contribution in [2.45, 2.75) is 51.5 Å². The Hall–Kier alpha value is -1.70. The molecular formula is C22H31ClN2O2. The van der Waals surface area contributed by atoms with Crippen LogP contribution in [0.3, 0.4) is 0 Å². The van der Waals surface area contributed by atoms with E-state index in [-0.39, 0.29) is 12.1 Å². The van der Waals surface area contributed by atoms with E-state index in [0.717, 1.165) is 45.2 Å². The fourth-order valence-corrected chi connectivity index (χ4v) is 3.51. The predicted octanol–water partition coefficient (Wildman–Crippen LogP) is 5.06. The first-order valence-corrected chi connectivity index (χ1v) is 10.2. The van der Waals surface area contributed by atoms with Crippen molar-refractivity contribution in [1.82, 2.24) is 9.80 Å². The van der Waals surface area contributed by atoms with Gasteiger partial charge in [0.25, 0.3) is 0 Å². The summed E-state index contributed by atoms with van der Waals surface area (Å²) >= 11 is 5.86. The number of halogens is 1. The molecule has 0 aliphatic heterocycles. The van der Waals surface area contributed by atoms with Gasteiger partial charge in [0.1, 0.15) is 5.75 Å². The van der Waals surface area contributed by atoms with E-state index in [9.17, 15) is 4.79 Å². The maximum atomic E-state index is 12.3. The van der Waals surface area contributed by atoms with Gasteiger partial charge in [0.15, 0.2) is 0 Å². The third-order valence-corrected chi connectivity index (χ3v) is 5.33. The number of amides is 1. The molecule has 0 saturated heterocycles. The average molecular weight is 391 g/mol. The van der Waals surface area contributed by atoms with Crippen LogP contribution in [0.25, 0.3) is 0 Å². The van der Waals surface area contributed by atoms with Gasteiger partial charge in [-0.25, -0.2) is 4.79 Å². The van der Waals surface area contributed by atoms with E-state index in [1.165, 1.54) is 6.42 Å². The van der Waals surface area contributed by atoms with Crippen molar-refractivity contribution < 1.29 is 9.53 Å². The molecule has 1 aliphatic carbocycles. The fourth-order valence-electron chi connectivity index (χ4n) is 3.39. The fraction of sp³-hybridized carbons (Fsp3) is 0.591. The highest BCUT2D eigenvalue weighted by Gasteiger charge is 2.26. The summed E-state index contributed by atoms with van der Waals surface area (Å²) in [7, 11) is 3.97. The Kier molecular flexibility index (Phi) is 8.97. The lowest BCUT2D eigenvalue weighted by Crippen LogP contribution is -2.40. The summed E-state index contributed by atoms with van der Waals surface area (Å²) in [4.78, 5) is 16.4. The molecular weight excluding hydrogens is 360 g/mol. The van der Waals surface area contributed by atoms with Gasteiger partial charge in [-0.1, -0.05) is 24.4 Å². The van der Waals surface area contributed by atoms with Gasteiger partial charge in [0, 0.05) is 37.0 Å². The van der Waals surface area contributed by atoms with Crippen LogP contribution in [0.5, 0.6) is 5.75 Å². The summed E-state index contributed by atoms with van der Waals surface area (Å²) in [5.41, 5.74) is 0. The molecule has 0 radical (unpaired) electrons. The van der Waals surface area contributed by atoms with E-state index in [2.05, 4.69) is 30.7 Å². The summed E-state index contributed by atoms with van der Waals surface area (Å²) < 4.78 is 5.43. The van der Waals surface area contributed by atoms with Gasteiger partial charge in [0.2, 0.25) is 0 Å². The zero-order valence-corrected chi connectivity index (χ0v) is 17.5. The van der Waals surface area contributed by atoms with Crippen LogP contribution in [0, 0.1) is 17.8 Å². The molecule has 2 rings (SSSR count). The molecule has 0 bridgehead atoms. The van der Waals surface area contributed by atoms with Crippen molar-refractivity contribution in [1.29, 1.82) is 0 Å². The molecule has 1 aromatic rings. The highest BCUT2D eigenvalue weighted by atomic mass is 35.5. The number of benzene rings is 1. The molecule has 5 heteroatoms. The first kappa shape index (κ1) is 21.6. The molecule has 148 valence electrons. The molecule has 1 amide bonds. The van der Waals surface area contributed by atoms with Crippen molar-refractivity contribution >= 4 is 17.7 Å². The number of ether oxygens (including phenoxy) is 1. The molecule has 1 aromatic carbocycles. The van der Waals surface area contributed by atoms with Gasteiger partial charge in [0.05, 0.1) is 0 Å². The van der Waals surface area contributed by atoms with Crippen molar-refractivity contribution in [3.63, 3.8) is 0 Å². The highest BCUT2D eigenvalue weighted by Crippen LogP contribution is 2.27. The second kappa shape index (κ2) is 11.2. The number of nitrogens with zero attached hydrogens (tertiary/aromatic N) is 2. The number of rotatable bonds is 6. The van der Waals surface area contributed by atoms with Crippen molar-refractivity contribution in [2.24, 2.45) is 5.92 Å². The van der Waals surface area contributed by atoms with Crippen LogP contribution in [-0.2, 0) is 0 Å². The summed E-state index contributed by atoms with van der Waals surface area (Å²) in [5.74, 6) is 7.74. The molecule has 0 spiro atoms. The highest BCUT2D eigenvalue weighted by molar-refractivity contribution is 6.30. The minimum absolute atomic E-state index is 0.221.